The maximum atomic E-state index is 10.6. The van der Waals surface area contributed by atoms with Crippen molar-refractivity contribution >= 4 is 0 Å². The Labute approximate surface area is 104 Å². The molecular formula is C15H26O2. The molecule has 0 aliphatic heterocycles. The van der Waals surface area contributed by atoms with Crippen LogP contribution in [0.3, 0.4) is 0 Å². The monoisotopic (exact) mass is 238 g/mol. The molecule has 98 valence electrons. The van der Waals surface area contributed by atoms with E-state index in [1.54, 1.807) is 0 Å². The average Bonchev–Trinajstić information content (AvgIpc) is 2.83. The first-order valence-electron chi connectivity index (χ1n) is 7.09. The molecule has 0 saturated heterocycles. The molecule has 0 unspecified atom stereocenters. The van der Waals surface area contributed by atoms with Crippen LogP contribution < -0.4 is 0 Å². The van der Waals surface area contributed by atoms with Gasteiger partial charge in [0.25, 0.3) is 0 Å². The van der Waals surface area contributed by atoms with Gasteiger partial charge in [-0.1, -0.05) is 20.8 Å². The smallest absolute Gasteiger partial charge is 0.0651 e. The molecule has 0 aromatic carbocycles. The van der Waals surface area contributed by atoms with Crippen molar-refractivity contribution in [2.45, 2.75) is 65.1 Å². The second kappa shape index (κ2) is 3.08. The van der Waals surface area contributed by atoms with Gasteiger partial charge in [-0.3, -0.25) is 0 Å². The van der Waals surface area contributed by atoms with E-state index in [0.29, 0.717) is 23.2 Å². The molecule has 0 amide bonds. The van der Waals surface area contributed by atoms with E-state index in [1.807, 2.05) is 6.92 Å². The standard InChI is InChI=1S/C15H26O2/c1-13(2)7-10-12(13)9-8-14(9,3)11(16)5-6-15(10,4)17/h9-12,16-17H,5-8H2,1-4H3/t9-,10+,11+,12-,14-,15+/m1/s1. The molecule has 0 bridgehead atoms. The fourth-order valence-electron chi connectivity index (χ4n) is 4.93. The Morgan fingerprint density at radius 3 is 2.24 bits per heavy atom. The van der Waals surface area contributed by atoms with Gasteiger partial charge in [0.2, 0.25) is 0 Å². The number of hydrogen-bond donors (Lipinski definition) is 2. The number of aliphatic hydroxyl groups excluding tert-OH is 1. The van der Waals surface area contributed by atoms with E-state index in [1.165, 1.54) is 0 Å². The van der Waals surface area contributed by atoms with Crippen LogP contribution in [0.5, 0.6) is 0 Å². The first-order chi connectivity index (χ1) is 7.68. The van der Waals surface area contributed by atoms with Crippen molar-refractivity contribution in [3.8, 4) is 0 Å². The summed E-state index contributed by atoms with van der Waals surface area (Å²) < 4.78 is 0. The van der Waals surface area contributed by atoms with E-state index in [-0.39, 0.29) is 11.5 Å². The maximum absolute atomic E-state index is 10.6. The molecule has 0 aromatic rings. The number of hydrogen-bond acceptors (Lipinski definition) is 2. The van der Waals surface area contributed by atoms with Gasteiger partial charge in [0.1, 0.15) is 0 Å². The number of aliphatic hydroxyl groups is 2. The topological polar surface area (TPSA) is 40.5 Å². The van der Waals surface area contributed by atoms with Crippen LogP contribution >= 0.6 is 0 Å². The quantitative estimate of drug-likeness (QED) is 0.681. The van der Waals surface area contributed by atoms with Crippen molar-refractivity contribution in [3.05, 3.63) is 0 Å². The van der Waals surface area contributed by atoms with Gasteiger partial charge in [0, 0.05) is 0 Å². The van der Waals surface area contributed by atoms with Crippen molar-refractivity contribution < 1.29 is 10.2 Å². The Morgan fingerprint density at radius 2 is 1.65 bits per heavy atom. The molecule has 3 rings (SSSR count). The van der Waals surface area contributed by atoms with Gasteiger partial charge in [-0.25, -0.2) is 0 Å². The third-order valence-corrected chi connectivity index (χ3v) is 6.35. The lowest BCUT2D eigenvalue weighted by atomic mass is 9.48. The van der Waals surface area contributed by atoms with Gasteiger partial charge in [-0.15, -0.1) is 0 Å². The fraction of sp³-hybridized carbons (Fsp3) is 1.00. The third kappa shape index (κ3) is 1.46. The van der Waals surface area contributed by atoms with Crippen LogP contribution in [-0.4, -0.2) is 21.9 Å². The van der Waals surface area contributed by atoms with Crippen molar-refractivity contribution in [3.63, 3.8) is 0 Å². The lowest BCUT2D eigenvalue weighted by Gasteiger charge is -2.59. The Hall–Kier alpha value is -0.0800. The van der Waals surface area contributed by atoms with E-state index >= 15 is 0 Å². The highest BCUT2D eigenvalue weighted by Crippen LogP contribution is 2.72. The first kappa shape index (κ1) is 12.0. The molecular weight excluding hydrogens is 212 g/mol. The Kier molecular flexibility index (Phi) is 2.17. The van der Waals surface area contributed by atoms with Crippen LogP contribution in [0.2, 0.25) is 0 Å². The molecule has 3 saturated carbocycles. The lowest BCUT2D eigenvalue weighted by molar-refractivity contribution is -0.167. The lowest BCUT2D eigenvalue weighted by Crippen LogP contribution is -2.57. The van der Waals surface area contributed by atoms with Crippen LogP contribution in [0.1, 0.15) is 53.4 Å². The number of rotatable bonds is 0. The van der Waals surface area contributed by atoms with Gasteiger partial charge < -0.3 is 10.2 Å². The largest absolute Gasteiger partial charge is 0.393 e. The zero-order valence-corrected chi connectivity index (χ0v) is 11.5. The maximum Gasteiger partial charge on any atom is 0.0651 e. The van der Waals surface area contributed by atoms with Crippen LogP contribution in [0, 0.1) is 28.6 Å². The van der Waals surface area contributed by atoms with Crippen molar-refractivity contribution in [1.29, 1.82) is 0 Å². The van der Waals surface area contributed by atoms with E-state index in [2.05, 4.69) is 20.8 Å². The van der Waals surface area contributed by atoms with Crippen LogP contribution in [0.15, 0.2) is 0 Å². The molecule has 3 aliphatic carbocycles. The molecule has 3 fully saturated rings. The highest BCUT2D eigenvalue weighted by molar-refractivity contribution is 5.17. The summed E-state index contributed by atoms with van der Waals surface area (Å²) in [5, 5.41) is 20.9. The zero-order chi connectivity index (χ0) is 12.6. The van der Waals surface area contributed by atoms with E-state index in [4.69, 9.17) is 0 Å². The van der Waals surface area contributed by atoms with Gasteiger partial charge in [-0.05, 0) is 61.2 Å². The van der Waals surface area contributed by atoms with Crippen LogP contribution in [0.4, 0.5) is 0 Å². The van der Waals surface area contributed by atoms with Crippen LogP contribution in [0.25, 0.3) is 0 Å². The summed E-state index contributed by atoms with van der Waals surface area (Å²) in [5.41, 5.74) is -0.0592. The average molecular weight is 238 g/mol. The molecule has 6 atom stereocenters. The normalized spacial score (nSPS) is 60.4. The van der Waals surface area contributed by atoms with E-state index in [9.17, 15) is 10.2 Å². The van der Waals surface area contributed by atoms with Crippen molar-refractivity contribution in [2.75, 3.05) is 0 Å². The van der Waals surface area contributed by atoms with Gasteiger partial charge in [0.05, 0.1) is 11.7 Å². The molecule has 0 radical (unpaired) electrons. The molecule has 2 N–H and O–H groups in total. The molecule has 2 heteroatoms. The van der Waals surface area contributed by atoms with Gasteiger partial charge in [-0.2, -0.15) is 0 Å². The minimum absolute atomic E-state index is 0.150. The summed E-state index contributed by atoms with van der Waals surface area (Å²) in [6.07, 6.45) is 3.62. The predicted octanol–water partition coefficient (Wildman–Crippen LogP) is 2.58. The van der Waals surface area contributed by atoms with Crippen molar-refractivity contribution in [2.24, 2.45) is 28.6 Å². The first-order valence-corrected chi connectivity index (χ1v) is 7.09. The highest BCUT2D eigenvalue weighted by atomic mass is 16.3. The number of fused-ring (bicyclic) bond motifs is 3. The van der Waals surface area contributed by atoms with Gasteiger partial charge in [0.15, 0.2) is 0 Å². The summed E-state index contributed by atoms with van der Waals surface area (Å²) in [6.45, 7) is 8.89. The molecule has 3 aliphatic rings. The summed E-state index contributed by atoms with van der Waals surface area (Å²) in [6, 6.07) is 0. The van der Waals surface area contributed by atoms with Gasteiger partial charge >= 0.3 is 0 Å². The second-order valence-electron chi connectivity index (χ2n) is 8.05. The Bertz CT molecular complexity index is 347. The molecule has 0 spiro atoms. The third-order valence-electron chi connectivity index (χ3n) is 6.35. The Morgan fingerprint density at radius 1 is 1.00 bits per heavy atom. The summed E-state index contributed by atoms with van der Waals surface area (Å²) in [7, 11) is 0. The zero-order valence-electron chi connectivity index (χ0n) is 11.5. The minimum Gasteiger partial charge on any atom is -0.393 e. The minimum atomic E-state index is -0.564. The van der Waals surface area contributed by atoms with E-state index in [0.717, 1.165) is 25.7 Å². The second-order valence-corrected chi connectivity index (χ2v) is 8.05. The summed E-state index contributed by atoms with van der Waals surface area (Å²) in [4.78, 5) is 0. The summed E-state index contributed by atoms with van der Waals surface area (Å²) >= 11 is 0. The highest BCUT2D eigenvalue weighted by Gasteiger charge is 2.68. The fourth-order valence-corrected chi connectivity index (χ4v) is 4.93. The van der Waals surface area contributed by atoms with E-state index < -0.39 is 5.60 Å². The molecule has 0 heterocycles. The predicted molar refractivity (Wildman–Crippen MR) is 67.5 cm³/mol. The molecule has 17 heavy (non-hydrogen) atoms. The summed E-state index contributed by atoms with van der Waals surface area (Å²) in [5.74, 6) is 1.70. The van der Waals surface area contributed by atoms with Crippen LogP contribution in [-0.2, 0) is 0 Å². The molecule has 0 aromatic heterocycles. The molecule has 2 nitrogen and oxygen atoms in total. The SMILES string of the molecule is CC1(C)C[C@H]2[C@H]1[C@H]1C[C@@]1(C)[C@@H](O)CC[C@]2(C)O. The van der Waals surface area contributed by atoms with Crippen molar-refractivity contribution in [1.82, 2.24) is 0 Å². The Balaban J connectivity index is 1.92.